The lowest BCUT2D eigenvalue weighted by Gasteiger charge is -2.19. The van der Waals surface area contributed by atoms with Crippen molar-refractivity contribution in [3.05, 3.63) is 95.1 Å². The van der Waals surface area contributed by atoms with Gasteiger partial charge in [-0.05, 0) is 41.2 Å². The molecule has 0 saturated carbocycles. The molecule has 0 saturated heterocycles. The van der Waals surface area contributed by atoms with Gasteiger partial charge in [0.05, 0.1) is 22.3 Å². The van der Waals surface area contributed by atoms with Gasteiger partial charge in [0, 0.05) is 21.0 Å². The van der Waals surface area contributed by atoms with E-state index in [4.69, 9.17) is 10.7 Å². The number of primary amides is 1. The number of rotatable bonds is 5. The summed E-state index contributed by atoms with van der Waals surface area (Å²) in [6.07, 6.45) is 0.879. The number of carbonyl (C=O) groups is 2. The van der Waals surface area contributed by atoms with Gasteiger partial charge in [0.25, 0.3) is 11.8 Å². The standard InChI is InChI=1S/C31H29N3O2S/c1-5-18-10-15-22-26(16-18)37-30(27(22)28(32)35)34-29(36)23-17-25(33-24-9-7-6-8-21(23)24)19-11-13-20(14-12-19)31(2,3)4/h6-17H,5H2,1-4H3,(H2,32,35)(H,34,36). The summed E-state index contributed by atoms with van der Waals surface area (Å²) in [5.74, 6) is -0.874. The summed E-state index contributed by atoms with van der Waals surface area (Å²) < 4.78 is 0.919. The lowest BCUT2D eigenvalue weighted by atomic mass is 9.86. The highest BCUT2D eigenvalue weighted by Crippen LogP contribution is 2.37. The molecule has 186 valence electrons. The normalized spacial score (nSPS) is 11.7. The fourth-order valence-electron chi connectivity index (χ4n) is 4.52. The summed E-state index contributed by atoms with van der Waals surface area (Å²) in [6, 6.07) is 23.6. The van der Waals surface area contributed by atoms with Crippen molar-refractivity contribution in [2.45, 2.75) is 39.5 Å². The number of nitrogens with two attached hydrogens (primary N) is 1. The van der Waals surface area contributed by atoms with Crippen molar-refractivity contribution in [1.29, 1.82) is 0 Å². The zero-order valence-corrected chi connectivity index (χ0v) is 22.2. The van der Waals surface area contributed by atoms with E-state index < -0.39 is 5.91 Å². The van der Waals surface area contributed by atoms with Crippen molar-refractivity contribution in [3.8, 4) is 11.3 Å². The summed E-state index contributed by atoms with van der Waals surface area (Å²) in [4.78, 5) is 30.9. The number of amides is 2. The Kier molecular flexibility index (Phi) is 6.30. The number of benzene rings is 3. The van der Waals surface area contributed by atoms with E-state index in [-0.39, 0.29) is 11.3 Å². The van der Waals surface area contributed by atoms with Crippen LogP contribution in [-0.2, 0) is 11.8 Å². The van der Waals surface area contributed by atoms with Crippen molar-refractivity contribution in [2.24, 2.45) is 5.73 Å². The lowest BCUT2D eigenvalue weighted by molar-refractivity contribution is 0.100. The molecule has 0 atom stereocenters. The number of para-hydroxylation sites is 1. The molecule has 0 radical (unpaired) electrons. The third-order valence-corrected chi connectivity index (χ3v) is 7.71. The zero-order valence-electron chi connectivity index (χ0n) is 21.4. The highest BCUT2D eigenvalue weighted by molar-refractivity contribution is 7.23. The van der Waals surface area contributed by atoms with Gasteiger partial charge in [-0.2, -0.15) is 0 Å². The second kappa shape index (κ2) is 9.45. The molecule has 6 heteroatoms. The first-order chi connectivity index (χ1) is 17.7. The Morgan fingerprint density at radius 2 is 1.68 bits per heavy atom. The summed E-state index contributed by atoms with van der Waals surface area (Å²) in [5.41, 5.74) is 11.4. The molecule has 5 aromatic rings. The van der Waals surface area contributed by atoms with Gasteiger partial charge in [-0.15, -0.1) is 11.3 Å². The van der Waals surface area contributed by atoms with E-state index >= 15 is 0 Å². The van der Waals surface area contributed by atoms with Gasteiger partial charge >= 0.3 is 0 Å². The Morgan fingerprint density at radius 1 is 0.946 bits per heavy atom. The molecule has 0 aliphatic carbocycles. The largest absolute Gasteiger partial charge is 0.365 e. The predicted molar refractivity (Wildman–Crippen MR) is 154 cm³/mol. The van der Waals surface area contributed by atoms with Crippen LogP contribution < -0.4 is 11.1 Å². The zero-order chi connectivity index (χ0) is 26.3. The molecule has 0 spiro atoms. The van der Waals surface area contributed by atoms with Crippen LogP contribution >= 0.6 is 11.3 Å². The van der Waals surface area contributed by atoms with Gasteiger partial charge in [-0.1, -0.05) is 82.3 Å². The maximum absolute atomic E-state index is 13.7. The van der Waals surface area contributed by atoms with Crippen molar-refractivity contribution in [3.63, 3.8) is 0 Å². The lowest BCUT2D eigenvalue weighted by Crippen LogP contribution is -2.17. The van der Waals surface area contributed by atoms with E-state index in [0.29, 0.717) is 21.8 Å². The van der Waals surface area contributed by atoms with Crippen LogP contribution in [0.5, 0.6) is 0 Å². The molecule has 0 aliphatic heterocycles. The van der Waals surface area contributed by atoms with Gasteiger partial charge in [0.15, 0.2) is 0 Å². The molecule has 2 aromatic heterocycles. The van der Waals surface area contributed by atoms with Crippen molar-refractivity contribution < 1.29 is 9.59 Å². The quantitative estimate of drug-likeness (QED) is 0.261. The Morgan fingerprint density at radius 3 is 2.35 bits per heavy atom. The monoisotopic (exact) mass is 507 g/mol. The number of carbonyl (C=O) groups excluding carboxylic acids is 2. The maximum atomic E-state index is 13.7. The Bertz CT molecular complexity index is 1660. The molecule has 5 rings (SSSR count). The molecule has 5 nitrogen and oxygen atoms in total. The molecule has 2 amide bonds. The van der Waals surface area contributed by atoms with E-state index in [1.165, 1.54) is 16.9 Å². The van der Waals surface area contributed by atoms with Gasteiger partial charge in [-0.3, -0.25) is 9.59 Å². The number of aryl methyl sites for hydroxylation is 1. The summed E-state index contributed by atoms with van der Waals surface area (Å²) in [6.45, 7) is 8.61. The number of thiophene rings is 1. The third kappa shape index (κ3) is 4.72. The molecular formula is C31H29N3O2S. The van der Waals surface area contributed by atoms with Crippen LogP contribution in [0.15, 0.2) is 72.8 Å². The summed E-state index contributed by atoms with van der Waals surface area (Å²) >= 11 is 1.37. The first-order valence-electron chi connectivity index (χ1n) is 12.3. The van der Waals surface area contributed by atoms with Crippen LogP contribution in [0.2, 0.25) is 0 Å². The first kappa shape index (κ1) is 24.7. The molecule has 3 N–H and O–H groups in total. The fraction of sp³-hybridized carbons (Fsp3) is 0.194. The van der Waals surface area contributed by atoms with E-state index in [1.807, 2.05) is 60.7 Å². The highest BCUT2D eigenvalue weighted by Gasteiger charge is 2.21. The molecule has 3 aromatic carbocycles. The minimum Gasteiger partial charge on any atom is -0.365 e. The minimum absolute atomic E-state index is 0.0423. The molecule has 0 unspecified atom stereocenters. The van der Waals surface area contributed by atoms with Gasteiger partial charge in [-0.25, -0.2) is 4.98 Å². The first-order valence-corrected chi connectivity index (χ1v) is 13.1. The van der Waals surface area contributed by atoms with E-state index in [0.717, 1.165) is 38.5 Å². The number of nitrogens with zero attached hydrogens (tertiary/aromatic N) is 1. The Balaban J connectivity index is 1.59. The fourth-order valence-corrected chi connectivity index (χ4v) is 5.68. The number of fused-ring (bicyclic) bond motifs is 2. The SMILES string of the molecule is CCc1ccc2c(C(N)=O)c(NC(=O)c3cc(-c4ccc(C(C)(C)C)cc4)nc4ccccc34)sc2c1. The van der Waals surface area contributed by atoms with Crippen molar-refractivity contribution >= 4 is 49.1 Å². The average Bonchev–Trinajstić information content (AvgIpc) is 3.24. The summed E-state index contributed by atoms with van der Waals surface area (Å²) in [7, 11) is 0. The molecule has 2 heterocycles. The average molecular weight is 508 g/mol. The number of hydrogen-bond acceptors (Lipinski definition) is 4. The number of hydrogen-bond donors (Lipinski definition) is 2. The summed E-state index contributed by atoms with van der Waals surface area (Å²) in [5, 5.41) is 4.94. The number of pyridine rings is 1. The highest BCUT2D eigenvalue weighted by atomic mass is 32.1. The molecule has 37 heavy (non-hydrogen) atoms. The van der Waals surface area contributed by atoms with E-state index in [1.54, 1.807) is 0 Å². The second-order valence-electron chi connectivity index (χ2n) is 10.2. The van der Waals surface area contributed by atoms with Gasteiger partial charge < -0.3 is 11.1 Å². The van der Waals surface area contributed by atoms with Gasteiger partial charge in [0.1, 0.15) is 5.00 Å². The smallest absolute Gasteiger partial charge is 0.257 e. The third-order valence-electron chi connectivity index (χ3n) is 6.64. The van der Waals surface area contributed by atoms with Crippen LogP contribution in [0.25, 0.3) is 32.2 Å². The van der Waals surface area contributed by atoms with E-state index in [2.05, 4.69) is 45.1 Å². The van der Waals surface area contributed by atoms with E-state index in [9.17, 15) is 9.59 Å². The Labute approximate surface area is 220 Å². The Hall–Kier alpha value is -4.03. The van der Waals surface area contributed by atoms with Crippen LogP contribution in [0.1, 0.15) is 59.5 Å². The topological polar surface area (TPSA) is 85.1 Å². The minimum atomic E-state index is -0.565. The predicted octanol–water partition coefficient (Wildman–Crippen LogP) is 7.33. The van der Waals surface area contributed by atoms with Crippen LogP contribution in [0, 0.1) is 0 Å². The number of anilines is 1. The number of nitrogens with one attached hydrogen (secondary N) is 1. The maximum Gasteiger partial charge on any atom is 0.257 e. The van der Waals surface area contributed by atoms with Crippen molar-refractivity contribution in [1.82, 2.24) is 4.98 Å². The van der Waals surface area contributed by atoms with Crippen LogP contribution in [0.4, 0.5) is 5.00 Å². The van der Waals surface area contributed by atoms with Crippen LogP contribution in [-0.4, -0.2) is 16.8 Å². The second-order valence-corrected chi connectivity index (χ2v) is 11.3. The van der Waals surface area contributed by atoms with Crippen molar-refractivity contribution in [2.75, 3.05) is 5.32 Å². The van der Waals surface area contributed by atoms with Gasteiger partial charge in [0.2, 0.25) is 0 Å². The molecule has 0 aliphatic rings. The van der Waals surface area contributed by atoms with Crippen LogP contribution in [0.3, 0.4) is 0 Å². The molecule has 0 fully saturated rings. The molecule has 0 bridgehead atoms. The molecular weight excluding hydrogens is 478 g/mol. The number of aromatic nitrogens is 1.